The summed E-state index contributed by atoms with van der Waals surface area (Å²) in [6.07, 6.45) is 0.988. The first-order valence-electron chi connectivity index (χ1n) is 8.84. The predicted octanol–water partition coefficient (Wildman–Crippen LogP) is 2.88. The lowest BCUT2D eigenvalue weighted by Crippen LogP contribution is -2.35. The van der Waals surface area contributed by atoms with Gasteiger partial charge in [0.15, 0.2) is 0 Å². The summed E-state index contributed by atoms with van der Waals surface area (Å²) in [6, 6.07) is 17.3. The average Bonchev–Trinajstić information content (AvgIpc) is 2.67. The number of pyridine rings is 1. The van der Waals surface area contributed by atoms with Crippen molar-refractivity contribution in [2.75, 3.05) is 25.0 Å². The zero-order chi connectivity index (χ0) is 18.1. The number of carbonyl (C=O) groups excluding carboxylic acids is 1. The number of nitrogens with zero attached hydrogens (tertiary/aromatic N) is 1. The molecule has 1 atom stereocenters. The number of aromatic amines is 1. The Bertz CT molecular complexity index is 1020. The topological polar surface area (TPSA) is 65.2 Å². The van der Waals surface area contributed by atoms with E-state index in [9.17, 15) is 9.59 Å². The fourth-order valence-corrected chi connectivity index (χ4v) is 3.66. The quantitative estimate of drug-likeness (QED) is 0.766. The maximum atomic E-state index is 12.6. The van der Waals surface area contributed by atoms with E-state index in [-0.39, 0.29) is 17.4 Å². The number of benzene rings is 2. The Morgan fingerprint density at radius 3 is 2.85 bits per heavy atom. The summed E-state index contributed by atoms with van der Waals surface area (Å²) in [5.41, 5.74) is 2.54. The average molecular weight is 347 g/mol. The molecule has 5 heteroatoms. The van der Waals surface area contributed by atoms with Gasteiger partial charge in [-0.05, 0) is 35.6 Å². The normalized spacial score (nSPS) is 16.3. The molecular formula is C21H21N3O2. The number of hydrogen-bond acceptors (Lipinski definition) is 3. The van der Waals surface area contributed by atoms with Gasteiger partial charge in [-0.25, -0.2) is 0 Å². The summed E-state index contributed by atoms with van der Waals surface area (Å²) in [4.78, 5) is 29.7. The van der Waals surface area contributed by atoms with E-state index in [4.69, 9.17) is 0 Å². The standard InChI is InChI=1S/C21H21N3O2/c1-24-11-10-15(16-7-4-5-9-19(16)24)13-22-21(26)18-12-14-6-2-3-8-17(14)20(25)23-18/h2-9,12,15H,10-11,13H2,1H3,(H,22,26)(H,23,25)/t15-/m0/s1. The van der Waals surface area contributed by atoms with Crippen molar-refractivity contribution < 1.29 is 4.79 Å². The minimum absolute atomic E-state index is 0.238. The van der Waals surface area contributed by atoms with E-state index in [0.29, 0.717) is 17.6 Å². The molecule has 5 nitrogen and oxygen atoms in total. The van der Waals surface area contributed by atoms with Crippen LogP contribution < -0.4 is 15.8 Å². The van der Waals surface area contributed by atoms with Gasteiger partial charge in [-0.15, -0.1) is 0 Å². The number of para-hydroxylation sites is 1. The second-order valence-electron chi connectivity index (χ2n) is 6.78. The Morgan fingerprint density at radius 2 is 1.96 bits per heavy atom. The monoisotopic (exact) mass is 347 g/mol. The fraction of sp³-hybridized carbons (Fsp3) is 0.238. The number of hydrogen-bond donors (Lipinski definition) is 2. The molecule has 0 saturated heterocycles. The third kappa shape index (κ3) is 2.96. The van der Waals surface area contributed by atoms with E-state index < -0.39 is 0 Å². The molecule has 0 unspecified atom stereocenters. The molecule has 1 aromatic heterocycles. The first kappa shape index (κ1) is 16.4. The molecule has 2 aromatic carbocycles. The molecular weight excluding hydrogens is 326 g/mol. The summed E-state index contributed by atoms with van der Waals surface area (Å²) < 4.78 is 0. The van der Waals surface area contributed by atoms with Crippen LogP contribution in [0.5, 0.6) is 0 Å². The van der Waals surface area contributed by atoms with Gasteiger partial charge >= 0.3 is 0 Å². The van der Waals surface area contributed by atoms with Crippen LogP contribution in [0.15, 0.2) is 59.4 Å². The molecule has 0 fully saturated rings. The Labute approximate surface area is 151 Å². The van der Waals surface area contributed by atoms with Gasteiger partial charge in [0.05, 0.1) is 0 Å². The van der Waals surface area contributed by atoms with Gasteiger partial charge in [0.25, 0.3) is 11.5 Å². The fourth-order valence-electron chi connectivity index (χ4n) is 3.66. The van der Waals surface area contributed by atoms with E-state index in [2.05, 4.69) is 34.4 Å². The number of amides is 1. The van der Waals surface area contributed by atoms with Crippen LogP contribution in [0.1, 0.15) is 28.4 Å². The van der Waals surface area contributed by atoms with Crippen molar-refractivity contribution in [3.8, 4) is 0 Å². The van der Waals surface area contributed by atoms with Gasteiger partial charge in [-0.1, -0.05) is 36.4 Å². The number of nitrogens with one attached hydrogen (secondary N) is 2. The van der Waals surface area contributed by atoms with Gasteiger partial charge in [0.2, 0.25) is 0 Å². The highest BCUT2D eigenvalue weighted by Gasteiger charge is 2.23. The van der Waals surface area contributed by atoms with Crippen molar-refractivity contribution in [1.82, 2.24) is 10.3 Å². The van der Waals surface area contributed by atoms with E-state index in [1.54, 1.807) is 12.1 Å². The smallest absolute Gasteiger partial charge is 0.267 e. The van der Waals surface area contributed by atoms with Crippen LogP contribution in [0.4, 0.5) is 5.69 Å². The lowest BCUT2D eigenvalue weighted by atomic mass is 9.90. The van der Waals surface area contributed by atoms with E-state index in [1.165, 1.54) is 11.3 Å². The molecule has 26 heavy (non-hydrogen) atoms. The van der Waals surface area contributed by atoms with E-state index >= 15 is 0 Å². The highest BCUT2D eigenvalue weighted by Crippen LogP contribution is 2.33. The summed E-state index contributed by atoms with van der Waals surface area (Å²) >= 11 is 0. The van der Waals surface area contributed by atoms with Gasteiger partial charge in [0, 0.05) is 37.1 Å². The van der Waals surface area contributed by atoms with Crippen molar-refractivity contribution in [2.45, 2.75) is 12.3 Å². The van der Waals surface area contributed by atoms with Crippen LogP contribution in [0.3, 0.4) is 0 Å². The third-order valence-electron chi connectivity index (χ3n) is 5.11. The minimum Gasteiger partial charge on any atom is -0.374 e. The molecule has 2 N–H and O–H groups in total. The Morgan fingerprint density at radius 1 is 1.19 bits per heavy atom. The molecule has 1 aliphatic rings. The van der Waals surface area contributed by atoms with Crippen molar-refractivity contribution in [2.24, 2.45) is 0 Å². The molecule has 0 spiro atoms. The van der Waals surface area contributed by atoms with Crippen LogP contribution >= 0.6 is 0 Å². The molecule has 3 aromatic rings. The number of rotatable bonds is 3. The first-order chi connectivity index (χ1) is 12.6. The largest absolute Gasteiger partial charge is 0.374 e. The lowest BCUT2D eigenvalue weighted by Gasteiger charge is -2.33. The highest BCUT2D eigenvalue weighted by molar-refractivity contribution is 5.96. The maximum absolute atomic E-state index is 12.6. The van der Waals surface area contributed by atoms with Crippen molar-refractivity contribution >= 4 is 22.4 Å². The summed E-state index contributed by atoms with van der Waals surface area (Å²) in [5.74, 6) is 0.0304. The number of fused-ring (bicyclic) bond motifs is 2. The molecule has 2 heterocycles. The van der Waals surface area contributed by atoms with Crippen molar-refractivity contribution in [3.63, 3.8) is 0 Å². The van der Waals surface area contributed by atoms with Gasteiger partial charge in [-0.2, -0.15) is 0 Å². The summed E-state index contributed by atoms with van der Waals surface area (Å²) in [6.45, 7) is 1.52. The number of aromatic nitrogens is 1. The zero-order valence-electron chi connectivity index (χ0n) is 14.7. The molecule has 132 valence electrons. The molecule has 1 aliphatic heterocycles. The predicted molar refractivity (Wildman–Crippen MR) is 104 cm³/mol. The maximum Gasteiger partial charge on any atom is 0.267 e. The van der Waals surface area contributed by atoms with Crippen LogP contribution in [0, 0.1) is 0 Å². The van der Waals surface area contributed by atoms with Crippen LogP contribution in [0.25, 0.3) is 10.8 Å². The third-order valence-corrected chi connectivity index (χ3v) is 5.11. The second kappa shape index (κ2) is 6.67. The Kier molecular flexibility index (Phi) is 4.21. The number of H-pyrrole nitrogens is 1. The van der Waals surface area contributed by atoms with Gasteiger partial charge in [0.1, 0.15) is 5.69 Å². The van der Waals surface area contributed by atoms with Crippen LogP contribution in [-0.4, -0.2) is 31.0 Å². The number of anilines is 1. The molecule has 0 saturated carbocycles. The molecule has 4 rings (SSSR count). The SMILES string of the molecule is CN1CC[C@@H](CNC(=O)c2cc3ccccc3c(=O)[nH]2)c2ccccc21. The summed E-state index contributed by atoms with van der Waals surface area (Å²) in [5, 5.41) is 4.35. The van der Waals surface area contributed by atoms with Crippen molar-refractivity contribution in [3.05, 3.63) is 76.2 Å². The first-order valence-corrected chi connectivity index (χ1v) is 8.84. The van der Waals surface area contributed by atoms with Crippen LogP contribution in [-0.2, 0) is 0 Å². The second-order valence-corrected chi connectivity index (χ2v) is 6.78. The van der Waals surface area contributed by atoms with Gasteiger partial charge < -0.3 is 15.2 Å². The number of carbonyl (C=O) groups is 1. The van der Waals surface area contributed by atoms with E-state index in [1.807, 2.05) is 30.3 Å². The van der Waals surface area contributed by atoms with Crippen LogP contribution in [0.2, 0.25) is 0 Å². The van der Waals surface area contributed by atoms with Gasteiger partial charge in [-0.3, -0.25) is 9.59 Å². The molecule has 0 aliphatic carbocycles. The zero-order valence-corrected chi connectivity index (χ0v) is 14.7. The molecule has 1 amide bonds. The molecule has 0 radical (unpaired) electrons. The lowest BCUT2D eigenvalue weighted by molar-refractivity contribution is 0.0945. The minimum atomic E-state index is -0.246. The van der Waals surface area contributed by atoms with E-state index in [0.717, 1.165) is 18.4 Å². The Hall–Kier alpha value is -3.08. The Balaban J connectivity index is 1.53. The highest BCUT2D eigenvalue weighted by atomic mass is 16.2. The van der Waals surface area contributed by atoms with Crippen molar-refractivity contribution in [1.29, 1.82) is 0 Å². The summed E-state index contributed by atoms with van der Waals surface area (Å²) in [7, 11) is 2.09. The molecule has 0 bridgehead atoms.